The summed E-state index contributed by atoms with van der Waals surface area (Å²) >= 11 is 1.44. The summed E-state index contributed by atoms with van der Waals surface area (Å²) in [5, 5.41) is 13.6. The largest absolute Gasteiger partial charge is 0.481 e. The first-order valence-corrected chi connectivity index (χ1v) is 7.24. The van der Waals surface area contributed by atoms with E-state index in [1.807, 2.05) is 17.5 Å². The molecular formula is C13H18N2O3S. The molecule has 1 aromatic rings. The zero-order chi connectivity index (χ0) is 13.9. The van der Waals surface area contributed by atoms with Gasteiger partial charge in [-0.15, -0.1) is 11.3 Å². The fourth-order valence-electron chi connectivity index (χ4n) is 2.42. The molecule has 5 nitrogen and oxygen atoms in total. The molecule has 0 aliphatic heterocycles. The summed E-state index contributed by atoms with van der Waals surface area (Å²) < 4.78 is 0. The van der Waals surface area contributed by atoms with Crippen LogP contribution < -0.4 is 11.1 Å². The number of nitrogens with one attached hydrogen (secondary N) is 1. The second kappa shape index (κ2) is 5.71. The molecule has 1 saturated carbocycles. The van der Waals surface area contributed by atoms with Crippen molar-refractivity contribution >= 4 is 23.2 Å². The first kappa shape index (κ1) is 14.0. The first-order chi connectivity index (χ1) is 9.01. The lowest BCUT2D eigenvalue weighted by Crippen LogP contribution is -2.52. The van der Waals surface area contributed by atoms with Gasteiger partial charge in [0.25, 0.3) is 0 Å². The Labute approximate surface area is 115 Å². The predicted molar refractivity (Wildman–Crippen MR) is 72.8 cm³/mol. The lowest BCUT2D eigenvalue weighted by Gasteiger charge is -2.25. The fraction of sp³-hybridized carbons (Fsp3) is 0.538. The van der Waals surface area contributed by atoms with Gasteiger partial charge in [-0.2, -0.15) is 0 Å². The SMILES string of the molecule is NC1(C(=O)NC(CC(=O)O)c2cccs2)CCCC1. The molecule has 1 fully saturated rings. The van der Waals surface area contributed by atoms with Crippen LogP contribution in [0.3, 0.4) is 0 Å². The van der Waals surface area contributed by atoms with Crippen LogP contribution in [-0.2, 0) is 9.59 Å². The van der Waals surface area contributed by atoms with Crippen molar-refractivity contribution in [2.24, 2.45) is 5.73 Å². The van der Waals surface area contributed by atoms with E-state index >= 15 is 0 Å². The molecule has 2 rings (SSSR count). The van der Waals surface area contributed by atoms with E-state index < -0.39 is 17.6 Å². The van der Waals surface area contributed by atoms with E-state index in [1.165, 1.54) is 11.3 Å². The topological polar surface area (TPSA) is 92.4 Å². The van der Waals surface area contributed by atoms with Crippen LogP contribution in [0.5, 0.6) is 0 Å². The standard InChI is InChI=1S/C13H18N2O3S/c14-13(5-1-2-6-13)12(18)15-9(8-11(16)17)10-4-3-7-19-10/h3-4,7,9H,1-2,5-6,8,14H2,(H,15,18)(H,16,17). The molecule has 1 atom stereocenters. The van der Waals surface area contributed by atoms with E-state index in [2.05, 4.69) is 5.32 Å². The molecule has 1 heterocycles. The van der Waals surface area contributed by atoms with Crippen molar-refractivity contribution < 1.29 is 14.7 Å². The molecule has 19 heavy (non-hydrogen) atoms. The predicted octanol–water partition coefficient (Wildman–Crippen LogP) is 1.65. The van der Waals surface area contributed by atoms with E-state index in [0.29, 0.717) is 12.8 Å². The van der Waals surface area contributed by atoms with Gasteiger partial charge >= 0.3 is 5.97 Å². The molecule has 0 bridgehead atoms. The summed E-state index contributed by atoms with van der Waals surface area (Å²) in [6.45, 7) is 0. The van der Waals surface area contributed by atoms with Crippen molar-refractivity contribution in [2.75, 3.05) is 0 Å². The van der Waals surface area contributed by atoms with Crippen molar-refractivity contribution in [3.05, 3.63) is 22.4 Å². The van der Waals surface area contributed by atoms with E-state index in [-0.39, 0.29) is 12.3 Å². The normalized spacial score (nSPS) is 19.0. The highest BCUT2D eigenvalue weighted by molar-refractivity contribution is 7.10. The highest BCUT2D eigenvalue weighted by Gasteiger charge is 2.38. The lowest BCUT2D eigenvalue weighted by molar-refractivity contribution is -0.138. The van der Waals surface area contributed by atoms with Crippen LogP contribution in [0.4, 0.5) is 0 Å². The van der Waals surface area contributed by atoms with Crippen LogP contribution in [0.15, 0.2) is 17.5 Å². The van der Waals surface area contributed by atoms with Gasteiger partial charge in [0.15, 0.2) is 0 Å². The number of rotatable bonds is 5. The Kier molecular flexibility index (Phi) is 4.21. The van der Waals surface area contributed by atoms with Crippen molar-refractivity contribution in [3.63, 3.8) is 0 Å². The van der Waals surface area contributed by atoms with Gasteiger partial charge in [0.05, 0.1) is 18.0 Å². The Morgan fingerprint density at radius 3 is 2.68 bits per heavy atom. The molecule has 1 aromatic heterocycles. The number of carboxylic acid groups (broad SMARTS) is 1. The number of amides is 1. The Bertz CT molecular complexity index is 452. The van der Waals surface area contributed by atoms with Gasteiger partial charge in [0, 0.05) is 4.88 Å². The molecule has 6 heteroatoms. The van der Waals surface area contributed by atoms with E-state index in [0.717, 1.165) is 17.7 Å². The summed E-state index contributed by atoms with van der Waals surface area (Å²) in [5.74, 6) is -1.17. The van der Waals surface area contributed by atoms with Gasteiger partial charge in [0.1, 0.15) is 0 Å². The number of nitrogens with two attached hydrogens (primary N) is 1. The summed E-state index contributed by atoms with van der Waals surface area (Å²) in [4.78, 5) is 24.0. The summed E-state index contributed by atoms with van der Waals surface area (Å²) in [6, 6.07) is 3.18. The van der Waals surface area contributed by atoms with Gasteiger partial charge in [-0.05, 0) is 24.3 Å². The molecule has 4 N–H and O–H groups in total. The number of aliphatic carboxylic acids is 1. The van der Waals surface area contributed by atoms with Crippen LogP contribution >= 0.6 is 11.3 Å². The number of carbonyl (C=O) groups is 2. The summed E-state index contributed by atoms with van der Waals surface area (Å²) in [7, 11) is 0. The highest BCUT2D eigenvalue weighted by Crippen LogP contribution is 2.29. The fourth-order valence-corrected chi connectivity index (χ4v) is 3.20. The zero-order valence-electron chi connectivity index (χ0n) is 10.6. The van der Waals surface area contributed by atoms with Crippen LogP contribution in [0.25, 0.3) is 0 Å². The minimum atomic E-state index is -0.934. The lowest BCUT2D eigenvalue weighted by atomic mass is 9.97. The van der Waals surface area contributed by atoms with Crippen LogP contribution in [0, 0.1) is 0 Å². The number of hydrogen-bond acceptors (Lipinski definition) is 4. The molecule has 0 saturated heterocycles. The molecule has 1 unspecified atom stereocenters. The second-order valence-corrected chi connectivity index (χ2v) is 5.98. The van der Waals surface area contributed by atoms with Gasteiger partial charge < -0.3 is 16.2 Å². The molecule has 1 aliphatic carbocycles. The molecule has 0 aromatic carbocycles. The smallest absolute Gasteiger partial charge is 0.305 e. The quantitative estimate of drug-likeness (QED) is 0.765. The van der Waals surface area contributed by atoms with Crippen LogP contribution in [0.1, 0.15) is 43.0 Å². The van der Waals surface area contributed by atoms with Crippen molar-refractivity contribution in [3.8, 4) is 0 Å². The summed E-state index contributed by atoms with van der Waals surface area (Å²) in [5.41, 5.74) is 5.25. The molecule has 0 radical (unpaired) electrons. The molecule has 1 aliphatic rings. The van der Waals surface area contributed by atoms with Crippen LogP contribution in [0.2, 0.25) is 0 Å². The van der Waals surface area contributed by atoms with Crippen LogP contribution in [-0.4, -0.2) is 22.5 Å². The van der Waals surface area contributed by atoms with Crippen molar-refractivity contribution in [1.29, 1.82) is 0 Å². The van der Waals surface area contributed by atoms with E-state index in [1.54, 1.807) is 0 Å². The van der Waals surface area contributed by atoms with Gasteiger partial charge in [-0.1, -0.05) is 18.9 Å². The number of thiophene rings is 1. The van der Waals surface area contributed by atoms with Crippen molar-refractivity contribution in [1.82, 2.24) is 5.32 Å². The maximum atomic E-state index is 12.2. The minimum Gasteiger partial charge on any atom is -0.481 e. The van der Waals surface area contributed by atoms with E-state index in [4.69, 9.17) is 10.8 Å². The Balaban J connectivity index is 2.07. The molecule has 1 amide bonds. The minimum absolute atomic E-state index is 0.123. The number of carboxylic acids is 1. The Morgan fingerprint density at radius 1 is 1.47 bits per heavy atom. The highest BCUT2D eigenvalue weighted by atomic mass is 32.1. The second-order valence-electron chi connectivity index (χ2n) is 5.00. The Hall–Kier alpha value is -1.40. The molecular weight excluding hydrogens is 264 g/mol. The van der Waals surface area contributed by atoms with E-state index in [9.17, 15) is 9.59 Å². The van der Waals surface area contributed by atoms with Gasteiger partial charge in [-0.25, -0.2) is 0 Å². The average Bonchev–Trinajstić information content (AvgIpc) is 2.98. The maximum Gasteiger partial charge on any atom is 0.305 e. The number of carbonyl (C=O) groups excluding carboxylic acids is 1. The Morgan fingerprint density at radius 2 is 2.16 bits per heavy atom. The van der Waals surface area contributed by atoms with Gasteiger partial charge in [0.2, 0.25) is 5.91 Å². The molecule has 104 valence electrons. The molecule has 0 spiro atoms. The van der Waals surface area contributed by atoms with Crippen molar-refractivity contribution in [2.45, 2.75) is 43.7 Å². The third kappa shape index (κ3) is 3.33. The van der Waals surface area contributed by atoms with Gasteiger partial charge in [-0.3, -0.25) is 9.59 Å². The summed E-state index contributed by atoms with van der Waals surface area (Å²) in [6.07, 6.45) is 3.12. The average molecular weight is 282 g/mol. The third-order valence-corrected chi connectivity index (χ3v) is 4.50. The number of hydrogen-bond donors (Lipinski definition) is 3. The third-order valence-electron chi connectivity index (χ3n) is 3.52. The monoisotopic (exact) mass is 282 g/mol. The zero-order valence-corrected chi connectivity index (χ0v) is 11.4. The first-order valence-electron chi connectivity index (χ1n) is 6.36. The maximum absolute atomic E-state index is 12.2.